The molecule has 0 aliphatic heterocycles. The summed E-state index contributed by atoms with van der Waals surface area (Å²) < 4.78 is 16.1. The summed E-state index contributed by atoms with van der Waals surface area (Å²) in [6.07, 6.45) is 2.86. The lowest BCUT2D eigenvalue weighted by Gasteiger charge is -2.10. The number of nitrogens with one attached hydrogen (secondary N) is 2. The van der Waals surface area contributed by atoms with E-state index in [0.29, 0.717) is 28.4 Å². The molecule has 4 aromatic rings. The van der Waals surface area contributed by atoms with E-state index < -0.39 is 16.7 Å². The van der Waals surface area contributed by atoms with E-state index in [1.54, 1.807) is 60.7 Å². The van der Waals surface area contributed by atoms with Gasteiger partial charge in [-0.3, -0.25) is 19.7 Å². The standard InChI is InChI=1S/C26H21N3O7/c1-34-20-9-7-17(8-10-20)25(30)28-23(26(31)27-16-22-6-3-13-35-22)15-21-11-12-24(36-21)18-4-2-5-19(14-18)29(32)33/h2-15H,16H2,1H3,(H,27,31)(H,28,30). The summed E-state index contributed by atoms with van der Waals surface area (Å²) in [6.45, 7) is 0.110. The van der Waals surface area contributed by atoms with Crippen molar-refractivity contribution in [2.24, 2.45) is 0 Å². The van der Waals surface area contributed by atoms with Crippen LogP contribution in [0.1, 0.15) is 21.9 Å². The highest BCUT2D eigenvalue weighted by molar-refractivity contribution is 6.05. The molecule has 2 aromatic carbocycles. The lowest BCUT2D eigenvalue weighted by Crippen LogP contribution is -2.34. The van der Waals surface area contributed by atoms with Crippen molar-refractivity contribution in [2.45, 2.75) is 6.54 Å². The minimum Gasteiger partial charge on any atom is -0.497 e. The first-order valence-corrected chi connectivity index (χ1v) is 10.8. The number of rotatable bonds is 9. The first-order valence-electron chi connectivity index (χ1n) is 10.8. The highest BCUT2D eigenvalue weighted by Crippen LogP contribution is 2.26. The molecule has 0 aliphatic carbocycles. The van der Waals surface area contributed by atoms with Gasteiger partial charge in [0.2, 0.25) is 0 Å². The Hall–Kier alpha value is -5.12. The van der Waals surface area contributed by atoms with Gasteiger partial charge in [-0.25, -0.2) is 0 Å². The topological polar surface area (TPSA) is 137 Å². The van der Waals surface area contributed by atoms with Gasteiger partial charge in [0, 0.05) is 29.3 Å². The number of hydrogen-bond acceptors (Lipinski definition) is 7. The van der Waals surface area contributed by atoms with E-state index in [0.717, 1.165) is 0 Å². The molecule has 2 amide bonds. The number of benzene rings is 2. The second kappa shape index (κ2) is 10.9. The molecule has 10 nitrogen and oxygen atoms in total. The van der Waals surface area contributed by atoms with Crippen LogP contribution in [0.15, 0.2) is 93.6 Å². The number of nitrogens with zero attached hydrogens (tertiary/aromatic N) is 1. The van der Waals surface area contributed by atoms with Crippen molar-refractivity contribution in [1.82, 2.24) is 10.6 Å². The second-order valence-corrected chi connectivity index (χ2v) is 7.51. The maximum absolute atomic E-state index is 12.9. The van der Waals surface area contributed by atoms with Crippen molar-refractivity contribution in [3.63, 3.8) is 0 Å². The fourth-order valence-corrected chi connectivity index (χ4v) is 3.27. The Morgan fingerprint density at radius 3 is 2.56 bits per heavy atom. The number of carbonyl (C=O) groups excluding carboxylic acids is 2. The molecule has 2 aromatic heterocycles. The predicted molar refractivity (Wildman–Crippen MR) is 130 cm³/mol. The summed E-state index contributed by atoms with van der Waals surface area (Å²) in [5.74, 6) is 0.665. The minimum atomic E-state index is -0.568. The summed E-state index contributed by atoms with van der Waals surface area (Å²) in [5, 5.41) is 16.4. The molecular weight excluding hydrogens is 466 g/mol. The van der Waals surface area contributed by atoms with Crippen LogP contribution in [0.5, 0.6) is 5.75 Å². The smallest absolute Gasteiger partial charge is 0.270 e. The Balaban J connectivity index is 1.59. The zero-order chi connectivity index (χ0) is 25.5. The Bertz CT molecular complexity index is 1400. The molecule has 0 spiro atoms. The number of ether oxygens (including phenoxy) is 1. The number of carbonyl (C=O) groups is 2. The number of amides is 2. The summed E-state index contributed by atoms with van der Waals surface area (Å²) in [4.78, 5) is 36.3. The van der Waals surface area contributed by atoms with Gasteiger partial charge >= 0.3 is 0 Å². The Morgan fingerprint density at radius 1 is 1.06 bits per heavy atom. The van der Waals surface area contributed by atoms with E-state index in [1.807, 2.05) is 0 Å². The van der Waals surface area contributed by atoms with Crippen LogP contribution in [0.2, 0.25) is 0 Å². The van der Waals surface area contributed by atoms with Crippen molar-refractivity contribution in [2.75, 3.05) is 7.11 Å². The van der Waals surface area contributed by atoms with Crippen molar-refractivity contribution in [1.29, 1.82) is 0 Å². The van der Waals surface area contributed by atoms with Crippen LogP contribution >= 0.6 is 0 Å². The molecule has 2 heterocycles. The first kappa shape index (κ1) is 24.0. The van der Waals surface area contributed by atoms with Crippen LogP contribution < -0.4 is 15.4 Å². The summed E-state index contributed by atoms with van der Waals surface area (Å²) >= 11 is 0. The van der Waals surface area contributed by atoms with Crippen molar-refractivity contribution >= 4 is 23.6 Å². The SMILES string of the molecule is COc1ccc(C(=O)NC(=Cc2ccc(-c3cccc([N+](=O)[O-])c3)o2)C(=O)NCc2ccco2)cc1. The fraction of sp³-hybridized carbons (Fsp3) is 0.0769. The molecule has 0 radical (unpaired) electrons. The highest BCUT2D eigenvalue weighted by Gasteiger charge is 2.17. The third-order valence-corrected chi connectivity index (χ3v) is 5.10. The van der Waals surface area contributed by atoms with Crippen LogP contribution in [0.4, 0.5) is 5.69 Å². The van der Waals surface area contributed by atoms with Gasteiger partial charge in [-0.15, -0.1) is 0 Å². The summed E-state index contributed by atoms with van der Waals surface area (Å²) in [7, 11) is 1.52. The molecule has 0 saturated carbocycles. The average molecular weight is 487 g/mol. The first-order chi connectivity index (χ1) is 17.4. The fourth-order valence-electron chi connectivity index (χ4n) is 3.27. The van der Waals surface area contributed by atoms with Gasteiger partial charge in [-0.1, -0.05) is 12.1 Å². The van der Waals surface area contributed by atoms with Gasteiger partial charge in [-0.05, 0) is 48.5 Å². The minimum absolute atomic E-state index is 0.0673. The Morgan fingerprint density at radius 2 is 1.86 bits per heavy atom. The second-order valence-electron chi connectivity index (χ2n) is 7.51. The molecule has 36 heavy (non-hydrogen) atoms. The molecule has 0 unspecified atom stereocenters. The number of nitro groups is 1. The van der Waals surface area contributed by atoms with E-state index >= 15 is 0 Å². The van der Waals surface area contributed by atoms with Crippen LogP contribution in [0.25, 0.3) is 17.4 Å². The van der Waals surface area contributed by atoms with E-state index in [2.05, 4.69) is 10.6 Å². The zero-order valence-electron chi connectivity index (χ0n) is 19.1. The molecule has 10 heteroatoms. The van der Waals surface area contributed by atoms with Crippen molar-refractivity contribution in [3.8, 4) is 17.1 Å². The lowest BCUT2D eigenvalue weighted by molar-refractivity contribution is -0.384. The number of non-ortho nitro benzene ring substituents is 1. The van der Waals surface area contributed by atoms with Crippen LogP contribution in [0, 0.1) is 10.1 Å². The van der Waals surface area contributed by atoms with Gasteiger partial charge in [0.25, 0.3) is 17.5 Å². The normalized spacial score (nSPS) is 11.1. The van der Waals surface area contributed by atoms with Crippen molar-refractivity contribution in [3.05, 3.63) is 112 Å². The third-order valence-electron chi connectivity index (χ3n) is 5.10. The third kappa shape index (κ3) is 5.86. The molecule has 0 aliphatic rings. The monoisotopic (exact) mass is 487 g/mol. The maximum atomic E-state index is 12.9. The van der Waals surface area contributed by atoms with E-state index in [-0.39, 0.29) is 23.7 Å². The van der Waals surface area contributed by atoms with Crippen LogP contribution in [-0.2, 0) is 11.3 Å². The number of furan rings is 2. The van der Waals surface area contributed by atoms with Crippen molar-refractivity contribution < 1.29 is 28.1 Å². The van der Waals surface area contributed by atoms with Gasteiger partial charge in [0.15, 0.2) is 0 Å². The van der Waals surface area contributed by atoms with Gasteiger partial charge in [-0.2, -0.15) is 0 Å². The average Bonchev–Trinajstić information content (AvgIpc) is 3.59. The molecule has 0 fully saturated rings. The quantitative estimate of drug-likeness (QED) is 0.201. The van der Waals surface area contributed by atoms with Gasteiger partial charge in [0.05, 0.1) is 24.8 Å². The largest absolute Gasteiger partial charge is 0.497 e. The van der Waals surface area contributed by atoms with Gasteiger partial charge in [0.1, 0.15) is 28.7 Å². The molecule has 2 N–H and O–H groups in total. The van der Waals surface area contributed by atoms with Crippen LogP contribution in [-0.4, -0.2) is 23.8 Å². The summed E-state index contributed by atoms with van der Waals surface area (Å²) in [5.41, 5.74) is 0.667. The molecule has 4 rings (SSSR count). The molecular formula is C26H21N3O7. The van der Waals surface area contributed by atoms with Gasteiger partial charge < -0.3 is 24.2 Å². The van der Waals surface area contributed by atoms with E-state index in [4.69, 9.17) is 13.6 Å². The number of hydrogen-bond donors (Lipinski definition) is 2. The number of methoxy groups -OCH3 is 1. The summed E-state index contributed by atoms with van der Waals surface area (Å²) in [6, 6.07) is 19.0. The predicted octanol–water partition coefficient (Wildman–Crippen LogP) is 4.54. The molecule has 0 saturated heterocycles. The zero-order valence-corrected chi connectivity index (χ0v) is 19.1. The lowest BCUT2D eigenvalue weighted by atomic mass is 10.1. The highest BCUT2D eigenvalue weighted by atomic mass is 16.6. The Kier molecular flexibility index (Phi) is 7.25. The Labute approximate surface area is 205 Å². The molecule has 182 valence electrons. The van der Waals surface area contributed by atoms with Crippen LogP contribution in [0.3, 0.4) is 0 Å². The molecule has 0 bridgehead atoms. The van der Waals surface area contributed by atoms with E-state index in [1.165, 1.54) is 31.6 Å². The molecule has 0 atom stereocenters. The number of nitro benzene ring substituents is 1. The van der Waals surface area contributed by atoms with E-state index in [9.17, 15) is 19.7 Å². The maximum Gasteiger partial charge on any atom is 0.270 e.